The minimum absolute atomic E-state index is 0.848. The second kappa shape index (κ2) is 12.3. The molecular weight excluding hydrogens is 182 g/mol. The van der Waals surface area contributed by atoms with Gasteiger partial charge in [-0.25, -0.2) is 0 Å². The summed E-state index contributed by atoms with van der Waals surface area (Å²) >= 11 is 1.99. The zero-order chi connectivity index (χ0) is 9.78. The van der Waals surface area contributed by atoms with Crippen LogP contribution in [-0.4, -0.2) is 37.8 Å². The molecule has 0 aliphatic rings. The number of ether oxygens (including phenoxy) is 1. The van der Waals surface area contributed by atoms with Gasteiger partial charge in [0.1, 0.15) is 0 Å². The van der Waals surface area contributed by atoms with Crippen molar-refractivity contribution in [1.29, 1.82) is 0 Å². The molecule has 13 heavy (non-hydrogen) atoms. The second-order valence-corrected chi connectivity index (χ2v) is 4.24. The summed E-state index contributed by atoms with van der Waals surface area (Å²) in [5.74, 6) is 2.47. The van der Waals surface area contributed by atoms with Gasteiger partial charge in [0, 0.05) is 25.5 Å². The number of hydrogen-bond acceptors (Lipinski definition) is 3. The summed E-state index contributed by atoms with van der Waals surface area (Å²) in [6, 6.07) is 0. The van der Waals surface area contributed by atoms with Gasteiger partial charge in [-0.2, -0.15) is 11.8 Å². The predicted molar refractivity (Wildman–Crippen MR) is 61.6 cm³/mol. The fraction of sp³-hybridized carbons (Fsp3) is 1.00. The normalized spacial score (nSPS) is 10.6. The van der Waals surface area contributed by atoms with Crippen molar-refractivity contribution in [2.75, 3.05) is 37.8 Å². The van der Waals surface area contributed by atoms with Gasteiger partial charge in [0.25, 0.3) is 0 Å². The van der Waals surface area contributed by atoms with Gasteiger partial charge in [-0.1, -0.05) is 6.92 Å². The third-order valence-electron chi connectivity index (χ3n) is 1.72. The maximum atomic E-state index is 5.25. The van der Waals surface area contributed by atoms with E-state index in [1.54, 1.807) is 0 Å². The average molecular weight is 205 g/mol. The van der Waals surface area contributed by atoms with Crippen LogP contribution in [-0.2, 0) is 4.74 Å². The average Bonchev–Trinajstić information content (AvgIpc) is 2.16. The quantitative estimate of drug-likeness (QED) is 0.552. The summed E-state index contributed by atoms with van der Waals surface area (Å²) in [7, 11) is 0. The van der Waals surface area contributed by atoms with E-state index in [0.29, 0.717) is 0 Å². The molecule has 0 aromatic carbocycles. The first kappa shape index (κ1) is 13.3. The Kier molecular flexibility index (Phi) is 12.5. The zero-order valence-electron chi connectivity index (χ0n) is 8.97. The molecule has 0 saturated heterocycles. The standard InChI is InChI=1S/C10H23NOS/c1-3-12-9-6-5-7-11-8-10-13-4-2/h11H,3-10H2,1-2H3. The Hall–Kier alpha value is 0.270. The molecule has 80 valence electrons. The fourth-order valence-corrected chi connectivity index (χ4v) is 1.59. The molecule has 1 N–H and O–H groups in total. The van der Waals surface area contributed by atoms with E-state index in [1.807, 2.05) is 18.7 Å². The summed E-state index contributed by atoms with van der Waals surface area (Å²) in [6.45, 7) is 8.29. The molecular formula is C10H23NOS. The predicted octanol–water partition coefficient (Wildman–Crippen LogP) is 2.15. The first-order valence-electron chi connectivity index (χ1n) is 5.28. The van der Waals surface area contributed by atoms with Gasteiger partial charge in [0.05, 0.1) is 0 Å². The second-order valence-electron chi connectivity index (χ2n) is 2.85. The lowest BCUT2D eigenvalue weighted by Gasteiger charge is -2.03. The van der Waals surface area contributed by atoms with Gasteiger partial charge in [-0.3, -0.25) is 0 Å². The van der Waals surface area contributed by atoms with Crippen LogP contribution in [0, 0.1) is 0 Å². The molecule has 0 radical (unpaired) electrons. The lowest BCUT2D eigenvalue weighted by molar-refractivity contribution is 0.143. The fourth-order valence-electron chi connectivity index (χ4n) is 1.01. The third kappa shape index (κ3) is 12.3. The number of hydrogen-bond donors (Lipinski definition) is 1. The Bertz CT molecular complexity index is 81.0. The molecule has 0 aromatic heterocycles. The molecule has 0 heterocycles. The Morgan fingerprint density at radius 1 is 1.15 bits per heavy atom. The molecule has 0 rings (SSSR count). The van der Waals surface area contributed by atoms with Crippen LogP contribution in [0.5, 0.6) is 0 Å². The summed E-state index contributed by atoms with van der Waals surface area (Å²) in [5.41, 5.74) is 0. The number of nitrogens with one attached hydrogen (secondary N) is 1. The maximum Gasteiger partial charge on any atom is 0.0466 e. The van der Waals surface area contributed by atoms with Crippen molar-refractivity contribution >= 4 is 11.8 Å². The van der Waals surface area contributed by atoms with E-state index in [4.69, 9.17) is 4.74 Å². The van der Waals surface area contributed by atoms with Crippen molar-refractivity contribution in [3.05, 3.63) is 0 Å². The van der Waals surface area contributed by atoms with Crippen LogP contribution >= 0.6 is 11.8 Å². The van der Waals surface area contributed by atoms with Crippen LogP contribution in [0.2, 0.25) is 0 Å². The van der Waals surface area contributed by atoms with E-state index >= 15 is 0 Å². The number of thioether (sulfide) groups is 1. The Morgan fingerprint density at radius 2 is 2.00 bits per heavy atom. The van der Waals surface area contributed by atoms with Gasteiger partial charge < -0.3 is 10.1 Å². The molecule has 0 spiro atoms. The molecule has 0 amide bonds. The van der Waals surface area contributed by atoms with Crippen LogP contribution in [0.4, 0.5) is 0 Å². The topological polar surface area (TPSA) is 21.3 Å². The van der Waals surface area contributed by atoms with Crippen LogP contribution in [0.3, 0.4) is 0 Å². The van der Waals surface area contributed by atoms with Crippen molar-refractivity contribution < 1.29 is 4.74 Å². The van der Waals surface area contributed by atoms with Crippen LogP contribution in [0.1, 0.15) is 26.7 Å². The first-order valence-corrected chi connectivity index (χ1v) is 6.43. The maximum absolute atomic E-state index is 5.25. The number of rotatable bonds is 10. The van der Waals surface area contributed by atoms with E-state index in [-0.39, 0.29) is 0 Å². The minimum Gasteiger partial charge on any atom is -0.382 e. The third-order valence-corrected chi connectivity index (χ3v) is 2.62. The summed E-state index contributed by atoms with van der Waals surface area (Å²) in [6.07, 6.45) is 2.42. The van der Waals surface area contributed by atoms with Crippen LogP contribution < -0.4 is 5.32 Å². The minimum atomic E-state index is 0.848. The highest BCUT2D eigenvalue weighted by atomic mass is 32.2. The first-order chi connectivity index (χ1) is 6.41. The van der Waals surface area contributed by atoms with Gasteiger partial charge in [0.15, 0.2) is 0 Å². The summed E-state index contributed by atoms with van der Waals surface area (Å²) in [4.78, 5) is 0. The van der Waals surface area contributed by atoms with E-state index < -0.39 is 0 Å². The molecule has 0 fully saturated rings. The van der Waals surface area contributed by atoms with Crippen molar-refractivity contribution in [1.82, 2.24) is 5.32 Å². The molecule has 3 heteroatoms. The number of unbranched alkanes of at least 4 members (excludes halogenated alkanes) is 1. The Labute approximate surface area is 86.8 Å². The largest absolute Gasteiger partial charge is 0.382 e. The molecule has 0 aliphatic carbocycles. The molecule has 0 saturated carbocycles. The summed E-state index contributed by atoms with van der Waals surface area (Å²) < 4.78 is 5.25. The smallest absolute Gasteiger partial charge is 0.0466 e. The highest BCUT2D eigenvalue weighted by Gasteiger charge is 1.89. The molecule has 0 aromatic rings. The highest BCUT2D eigenvalue weighted by molar-refractivity contribution is 7.99. The van der Waals surface area contributed by atoms with E-state index in [1.165, 1.54) is 24.3 Å². The van der Waals surface area contributed by atoms with Crippen molar-refractivity contribution in [3.8, 4) is 0 Å². The van der Waals surface area contributed by atoms with Crippen molar-refractivity contribution in [3.63, 3.8) is 0 Å². The molecule has 2 nitrogen and oxygen atoms in total. The van der Waals surface area contributed by atoms with E-state index in [0.717, 1.165) is 26.3 Å². The van der Waals surface area contributed by atoms with Crippen LogP contribution in [0.15, 0.2) is 0 Å². The highest BCUT2D eigenvalue weighted by Crippen LogP contribution is 1.95. The SMILES string of the molecule is CCOCCCCNCCSCC. The van der Waals surface area contributed by atoms with Gasteiger partial charge in [0.2, 0.25) is 0 Å². The van der Waals surface area contributed by atoms with E-state index in [2.05, 4.69) is 12.2 Å². The van der Waals surface area contributed by atoms with Crippen molar-refractivity contribution in [2.24, 2.45) is 0 Å². The Balaban J connectivity index is 2.76. The van der Waals surface area contributed by atoms with Crippen molar-refractivity contribution in [2.45, 2.75) is 26.7 Å². The zero-order valence-corrected chi connectivity index (χ0v) is 9.79. The molecule has 0 unspecified atom stereocenters. The van der Waals surface area contributed by atoms with E-state index in [9.17, 15) is 0 Å². The lowest BCUT2D eigenvalue weighted by Crippen LogP contribution is -2.18. The van der Waals surface area contributed by atoms with Crippen LogP contribution in [0.25, 0.3) is 0 Å². The molecule has 0 aliphatic heterocycles. The summed E-state index contributed by atoms with van der Waals surface area (Å²) in [5, 5.41) is 3.42. The Morgan fingerprint density at radius 3 is 2.69 bits per heavy atom. The lowest BCUT2D eigenvalue weighted by atomic mass is 10.3. The van der Waals surface area contributed by atoms with Gasteiger partial charge >= 0.3 is 0 Å². The van der Waals surface area contributed by atoms with Gasteiger partial charge in [-0.05, 0) is 32.1 Å². The molecule has 0 bridgehead atoms. The monoisotopic (exact) mass is 205 g/mol. The van der Waals surface area contributed by atoms with Gasteiger partial charge in [-0.15, -0.1) is 0 Å². The molecule has 0 atom stereocenters.